The van der Waals surface area contributed by atoms with Crippen molar-refractivity contribution in [3.63, 3.8) is 0 Å². The van der Waals surface area contributed by atoms with Gasteiger partial charge in [-0.1, -0.05) is 40.0 Å². The third kappa shape index (κ3) is 3.74. The van der Waals surface area contributed by atoms with Gasteiger partial charge in [-0.05, 0) is 25.2 Å². The Kier molecular flexibility index (Phi) is 4.81. The van der Waals surface area contributed by atoms with Crippen LogP contribution in [0.1, 0.15) is 59.8 Å². The minimum absolute atomic E-state index is 0.164. The Balaban J connectivity index is 2.45. The fourth-order valence-corrected chi connectivity index (χ4v) is 2.37. The fourth-order valence-electron chi connectivity index (χ4n) is 2.37. The first kappa shape index (κ1) is 14.0. The lowest BCUT2D eigenvalue weighted by atomic mass is 9.74. The van der Waals surface area contributed by atoms with Crippen molar-refractivity contribution in [2.75, 3.05) is 13.2 Å². The van der Waals surface area contributed by atoms with E-state index in [1.165, 1.54) is 32.1 Å². The van der Waals surface area contributed by atoms with Gasteiger partial charge < -0.3 is 10.4 Å². The maximum atomic E-state index is 9.62. The molecule has 0 bridgehead atoms. The van der Waals surface area contributed by atoms with Gasteiger partial charge in [-0.3, -0.25) is 0 Å². The van der Waals surface area contributed by atoms with E-state index >= 15 is 0 Å². The molecule has 16 heavy (non-hydrogen) atoms. The summed E-state index contributed by atoms with van der Waals surface area (Å²) in [5, 5.41) is 13.2. The van der Waals surface area contributed by atoms with Crippen LogP contribution in [0.4, 0.5) is 0 Å². The molecule has 1 aliphatic rings. The van der Waals surface area contributed by atoms with E-state index in [0.29, 0.717) is 18.1 Å². The van der Waals surface area contributed by atoms with E-state index in [2.05, 4.69) is 33.0 Å². The normalized spacial score (nSPS) is 23.1. The van der Waals surface area contributed by atoms with E-state index in [4.69, 9.17) is 0 Å². The molecule has 0 spiro atoms. The lowest BCUT2D eigenvalue weighted by molar-refractivity contribution is 0.0736. The van der Waals surface area contributed by atoms with Crippen molar-refractivity contribution in [3.05, 3.63) is 0 Å². The number of hydrogen-bond acceptors (Lipinski definition) is 2. The topological polar surface area (TPSA) is 32.3 Å². The molecule has 2 N–H and O–H groups in total. The van der Waals surface area contributed by atoms with Gasteiger partial charge in [0.1, 0.15) is 0 Å². The van der Waals surface area contributed by atoms with Crippen molar-refractivity contribution < 1.29 is 5.11 Å². The van der Waals surface area contributed by atoms with Gasteiger partial charge in [0.25, 0.3) is 0 Å². The predicted octanol–water partition coefficient (Wildman–Crippen LogP) is 2.95. The van der Waals surface area contributed by atoms with Crippen LogP contribution in [0.25, 0.3) is 0 Å². The maximum Gasteiger partial charge on any atom is 0.0499 e. The van der Waals surface area contributed by atoms with Crippen LogP contribution < -0.4 is 5.32 Å². The second kappa shape index (κ2) is 5.50. The zero-order chi connectivity index (χ0) is 12.2. The zero-order valence-electron chi connectivity index (χ0n) is 11.5. The van der Waals surface area contributed by atoms with Gasteiger partial charge in [0.15, 0.2) is 0 Å². The molecule has 1 atom stereocenters. The summed E-state index contributed by atoms with van der Waals surface area (Å²) in [5.74, 6) is 0. The molecular formula is C14H29NO. The van der Waals surface area contributed by atoms with Crippen LogP contribution in [0, 0.1) is 10.8 Å². The minimum Gasteiger partial charge on any atom is -0.396 e. The average Bonchev–Trinajstić information content (AvgIpc) is 2.26. The highest BCUT2D eigenvalue weighted by atomic mass is 16.3. The van der Waals surface area contributed by atoms with Gasteiger partial charge in [0.05, 0.1) is 0 Å². The first-order valence-electron chi connectivity index (χ1n) is 6.74. The molecule has 0 saturated heterocycles. The summed E-state index contributed by atoms with van der Waals surface area (Å²) in [6, 6.07) is 0.498. The largest absolute Gasteiger partial charge is 0.396 e. The Morgan fingerprint density at radius 1 is 1.19 bits per heavy atom. The zero-order valence-corrected chi connectivity index (χ0v) is 11.5. The molecule has 1 fully saturated rings. The summed E-state index contributed by atoms with van der Waals surface area (Å²) >= 11 is 0. The van der Waals surface area contributed by atoms with Gasteiger partial charge in [-0.25, -0.2) is 0 Å². The van der Waals surface area contributed by atoms with Gasteiger partial charge in [-0.2, -0.15) is 0 Å². The molecule has 0 heterocycles. The molecule has 96 valence electrons. The van der Waals surface area contributed by atoms with E-state index in [1.54, 1.807) is 0 Å². The van der Waals surface area contributed by atoms with Crippen LogP contribution in [0.3, 0.4) is 0 Å². The molecule has 1 aliphatic carbocycles. The third-order valence-corrected chi connectivity index (χ3v) is 4.33. The van der Waals surface area contributed by atoms with E-state index in [-0.39, 0.29) is 5.41 Å². The highest BCUT2D eigenvalue weighted by Crippen LogP contribution is 2.35. The van der Waals surface area contributed by atoms with Crippen LogP contribution >= 0.6 is 0 Å². The van der Waals surface area contributed by atoms with Crippen LogP contribution in [0.5, 0.6) is 0 Å². The molecule has 0 aliphatic heterocycles. The number of hydrogen-bond donors (Lipinski definition) is 2. The summed E-state index contributed by atoms with van der Waals surface area (Å²) in [5.41, 5.74) is 0.461. The van der Waals surface area contributed by atoms with E-state index in [1.807, 2.05) is 0 Å². The standard InChI is InChI=1S/C14H29NO/c1-12(13(2,3)4)15-10-14(11-16)8-6-5-7-9-14/h12,15-16H,5-11H2,1-4H3. The van der Waals surface area contributed by atoms with E-state index < -0.39 is 0 Å². The minimum atomic E-state index is 0.164. The summed E-state index contributed by atoms with van der Waals surface area (Å²) in [6.07, 6.45) is 6.29. The molecule has 1 unspecified atom stereocenters. The van der Waals surface area contributed by atoms with Gasteiger partial charge in [0, 0.05) is 24.6 Å². The predicted molar refractivity (Wildman–Crippen MR) is 69.5 cm³/mol. The Labute approximate surface area is 101 Å². The van der Waals surface area contributed by atoms with E-state index in [0.717, 1.165) is 6.54 Å². The lowest BCUT2D eigenvalue weighted by Gasteiger charge is -2.38. The SMILES string of the molecule is CC(NCC1(CO)CCCCC1)C(C)(C)C. The Bertz CT molecular complexity index is 201. The van der Waals surface area contributed by atoms with Crippen molar-refractivity contribution in [3.8, 4) is 0 Å². The number of aliphatic hydroxyl groups excluding tert-OH is 1. The smallest absolute Gasteiger partial charge is 0.0499 e. The van der Waals surface area contributed by atoms with Crippen LogP contribution in [0.15, 0.2) is 0 Å². The van der Waals surface area contributed by atoms with Crippen molar-refractivity contribution >= 4 is 0 Å². The number of aliphatic hydroxyl groups is 1. The maximum absolute atomic E-state index is 9.62. The molecule has 2 nitrogen and oxygen atoms in total. The van der Waals surface area contributed by atoms with E-state index in [9.17, 15) is 5.11 Å². The molecule has 0 radical (unpaired) electrons. The second-order valence-corrected chi connectivity index (χ2v) is 6.69. The highest BCUT2D eigenvalue weighted by molar-refractivity contribution is 4.87. The highest BCUT2D eigenvalue weighted by Gasteiger charge is 2.32. The first-order chi connectivity index (χ1) is 7.40. The Morgan fingerprint density at radius 2 is 1.75 bits per heavy atom. The van der Waals surface area contributed by atoms with Gasteiger partial charge in [0.2, 0.25) is 0 Å². The van der Waals surface area contributed by atoms with Crippen molar-refractivity contribution in [1.29, 1.82) is 0 Å². The van der Waals surface area contributed by atoms with Crippen molar-refractivity contribution in [2.24, 2.45) is 10.8 Å². The van der Waals surface area contributed by atoms with Crippen LogP contribution in [0.2, 0.25) is 0 Å². The number of nitrogens with one attached hydrogen (secondary N) is 1. The molecule has 0 aromatic heterocycles. The fraction of sp³-hybridized carbons (Fsp3) is 1.00. The molecular weight excluding hydrogens is 198 g/mol. The van der Waals surface area contributed by atoms with Gasteiger partial charge in [-0.15, -0.1) is 0 Å². The third-order valence-electron chi connectivity index (χ3n) is 4.33. The summed E-state index contributed by atoms with van der Waals surface area (Å²) < 4.78 is 0. The van der Waals surface area contributed by atoms with Gasteiger partial charge >= 0.3 is 0 Å². The summed E-state index contributed by atoms with van der Waals surface area (Å²) in [7, 11) is 0. The monoisotopic (exact) mass is 227 g/mol. The molecule has 1 rings (SSSR count). The first-order valence-corrected chi connectivity index (χ1v) is 6.74. The Hall–Kier alpha value is -0.0800. The molecule has 0 amide bonds. The molecule has 0 aromatic carbocycles. The summed E-state index contributed by atoms with van der Waals surface area (Å²) in [6.45, 7) is 10.3. The van der Waals surface area contributed by atoms with Crippen LogP contribution in [-0.4, -0.2) is 24.3 Å². The second-order valence-electron chi connectivity index (χ2n) is 6.69. The van der Waals surface area contributed by atoms with Crippen molar-refractivity contribution in [1.82, 2.24) is 5.32 Å². The summed E-state index contributed by atoms with van der Waals surface area (Å²) in [4.78, 5) is 0. The number of rotatable bonds is 4. The molecule has 1 saturated carbocycles. The lowest BCUT2D eigenvalue weighted by Crippen LogP contribution is -2.46. The average molecular weight is 227 g/mol. The Morgan fingerprint density at radius 3 is 2.19 bits per heavy atom. The quantitative estimate of drug-likeness (QED) is 0.774. The molecule has 2 heteroatoms. The van der Waals surface area contributed by atoms with Crippen LogP contribution in [-0.2, 0) is 0 Å². The van der Waals surface area contributed by atoms with Crippen molar-refractivity contribution in [2.45, 2.75) is 65.8 Å². The molecule has 0 aromatic rings.